The summed E-state index contributed by atoms with van der Waals surface area (Å²) in [5.74, 6) is -0.338. The van der Waals surface area contributed by atoms with Gasteiger partial charge >= 0.3 is 0 Å². The zero-order valence-corrected chi connectivity index (χ0v) is 17.9. The summed E-state index contributed by atoms with van der Waals surface area (Å²) in [6, 6.07) is 11.0. The van der Waals surface area contributed by atoms with Crippen LogP contribution < -0.4 is 5.32 Å². The Labute approximate surface area is 172 Å². The number of nitrogens with zero attached hydrogens (tertiary/aromatic N) is 1. The van der Waals surface area contributed by atoms with Crippen molar-refractivity contribution in [2.45, 2.75) is 37.1 Å². The van der Waals surface area contributed by atoms with Crippen LogP contribution in [-0.4, -0.2) is 31.2 Å². The number of halogens is 2. The molecule has 2 aromatic rings. The number of amides is 1. The Hall–Kier alpha value is -1.41. The molecule has 144 valence electrons. The maximum absolute atomic E-state index is 13.1. The predicted molar refractivity (Wildman–Crippen MR) is 110 cm³/mol. The Kier molecular flexibility index (Phi) is 6.25. The van der Waals surface area contributed by atoms with Gasteiger partial charge in [0.15, 0.2) is 0 Å². The van der Waals surface area contributed by atoms with Crippen LogP contribution in [0.15, 0.2) is 51.8 Å². The van der Waals surface area contributed by atoms with Gasteiger partial charge in [-0.15, -0.1) is 0 Å². The minimum absolute atomic E-state index is 0.184. The molecule has 0 aliphatic carbocycles. The van der Waals surface area contributed by atoms with E-state index in [0.717, 1.165) is 22.9 Å². The van der Waals surface area contributed by atoms with E-state index < -0.39 is 16.1 Å². The quantitative estimate of drug-likeness (QED) is 0.709. The number of aryl methyl sites for hydroxylation is 1. The Bertz CT molecular complexity index is 948. The van der Waals surface area contributed by atoms with Gasteiger partial charge in [-0.05, 0) is 61.7 Å². The van der Waals surface area contributed by atoms with Crippen molar-refractivity contribution >= 4 is 49.1 Å². The van der Waals surface area contributed by atoms with Crippen LogP contribution >= 0.6 is 27.5 Å². The van der Waals surface area contributed by atoms with E-state index in [4.69, 9.17) is 11.6 Å². The third-order valence-corrected chi connectivity index (χ3v) is 7.47. The Morgan fingerprint density at radius 1 is 1.19 bits per heavy atom. The van der Waals surface area contributed by atoms with Crippen LogP contribution in [0.3, 0.4) is 0 Å². The van der Waals surface area contributed by atoms with Gasteiger partial charge < -0.3 is 5.32 Å². The molecule has 0 bridgehead atoms. The number of carbonyl (C=O) groups is 1. The molecule has 1 aliphatic heterocycles. The number of piperidine rings is 1. The number of hydrogen-bond donors (Lipinski definition) is 1. The summed E-state index contributed by atoms with van der Waals surface area (Å²) in [4.78, 5) is 13.0. The average Bonchev–Trinajstić information content (AvgIpc) is 2.65. The molecule has 1 heterocycles. The first-order valence-corrected chi connectivity index (χ1v) is 11.2. The van der Waals surface area contributed by atoms with Crippen molar-refractivity contribution in [3.8, 4) is 0 Å². The third kappa shape index (κ3) is 4.54. The average molecular weight is 472 g/mol. The number of nitrogens with one attached hydrogen (secondary N) is 1. The maximum atomic E-state index is 13.1. The van der Waals surface area contributed by atoms with Crippen molar-refractivity contribution in [1.82, 2.24) is 4.31 Å². The largest absolute Gasteiger partial charge is 0.325 e. The Morgan fingerprint density at radius 2 is 1.89 bits per heavy atom. The first-order chi connectivity index (χ1) is 12.8. The fourth-order valence-corrected chi connectivity index (χ4v) is 5.19. The van der Waals surface area contributed by atoms with Crippen LogP contribution in [0, 0.1) is 6.92 Å². The lowest BCUT2D eigenvalue weighted by atomic mass is 10.0. The van der Waals surface area contributed by atoms with Gasteiger partial charge in [-0.3, -0.25) is 4.79 Å². The molecule has 27 heavy (non-hydrogen) atoms. The summed E-state index contributed by atoms with van der Waals surface area (Å²) < 4.78 is 28.3. The lowest BCUT2D eigenvalue weighted by Gasteiger charge is -2.33. The van der Waals surface area contributed by atoms with Crippen LogP contribution in [0.25, 0.3) is 0 Å². The molecule has 2 aromatic carbocycles. The van der Waals surface area contributed by atoms with Gasteiger partial charge in [0.2, 0.25) is 15.9 Å². The van der Waals surface area contributed by atoms with E-state index in [-0.39, 0.29) is 10.8 Å². The van der Waals surface area contributed by atoms with Gasteiger partial charge in [0, 0.05) is 21.7 Å². The van der Waals surface area contributed by atoms with E-state index in [1.807, 2.05) is 13.0 Å². The molecular formula is C19H20BrClN2O3S. The number of sulfonamides is 1. The Balaban J connectivity index is 1.85. The number of anilines is 1. The molecule has 0 unspecified atom stereocenters. The molecule has 5 nitrogen and oxygen atoms in total. The standard InChI is InChI=1S/C19H20BrClN2O3S/c1-13-5-8-15(12-17(13)21)22-19(24)18-4-2-3-11-23(18)27(25,26)16-9-6-14(20)7-10-16/h5-10,12,18H,2-4,11H2,1H3,(H,22,24)/t18-/m1/s1. The van der Waals surface area contributed by atoms with Crippen LogP contribution in [0.2, 0.25) is 5.02 Å². The Morgan fingerprint density at radius 3 is 2.56 bits per heavy atom. The molecule has 1 amide bonds. The summed E-state index contributed by atoms with van der Waals surface area (Å²) in [7, 11) is -3.75. The van der Waals surface area contributed by atoms with Crippen molar-refractivity contribution in [2.24, 2.45) is 0 Å². The zero-order valence-electron chi connectivity index (χ0n) is 14.8. The summed E-state index contributed by atoms with van der Waals surface area (Å²) in [5, 5.41) is 3.36. The monoisotopic (exact) mass is 470 g/mol. The molecule has 0 aromatic heterocycles. The van der Waals surface area contributed by atoms with E-state index in [2.05, 4.69) is 21.2 Å². The fraction of sp³-hybridized carbons (Fsp3) is 0.316. The van der Waals surface area contributed by atoms with Gasteiger partial charge in [0.05, 0.1) is 4.90 Å². The summed E-state index contributed by atoms with van der Waals surface area (Å²) in [6.07, 6.45) is 2.02. The van der Waals surface area contributed by atoms with E-state index in [0.29, 0.717) is 23.7 Å². The molecule has 1 saturated heterocycles. The molecule has 1 atom stereocenters. The van der Waals surface area contributed by atoms with E-state index in [1.165, 1.54) is 4.31 Å². The van der Waals surface area contributed by atoms with Crippen molar-refractivity contribution < 1.29 is 13.2 Å². The van der Waals surface area contributed by atoms with Gasteiger partial charge in [-0.1, -0.05) is 40.0 Å². The molecule has 3 rings (SSSR count). The van der Waals surface area contributed by atoms with Crippen molar-refractivity contribution in [1.29, 1.82) is 0 Å². The fourth-order valence-electron chi connectivity index (χ4n) is 3.09. The molecule has 0 spiro atoms. The van der Waals surface area contributed by atoms with Gasteiger partial charge in [0.25, 0.3) is 0 Å². The molecule has 1 N–H and O–H groups in total. The van der Waals surface area contributed by atoms with Crippen molar-refractivity contribution in [3.05, 3.63) is 57.5 Å². The number of benzene rings is 2. The van der Waals surface area contributed by atoms with Gasteiger partial charge in [-0.2, -0.15) is 4.31 Å². The second-order valence-corrected chi connectivity index (χ2v) is 9.75. The predicted octanol–water partition coefficient (Wildman–Crippen LogP) is 4.59. The lowest BCUT2D eigenvalue weighted by molar-refractivity contribution is -0.120. The van der Waals surface area contributed by atoms with Gasteiger partial charge in [0.1, 0.15) is 6.04 Å². The van der Waals surface area contributed by atoms with E-state index in [1.54, 1.807) is 36.4 Å². The van der Waals surface area contributed by atoms with Crippen molar-refractivity contribution in [3.63, 3.8) is 0 Å². The minimum Gasteiger partial charge on any atom is -0.325 e. The molecule has 1 fully saturated rings. The highest BCUT2D eigenvalue weighted by molar-refractivity contribution is 9.10. The second-order valence-electron chi connectivity index (χ2n) is 6.53. The highest BCUT2D eigenvalue weighted by Crippen LogP contribution is 2.28. The van der Waals surface area contributed by atoms with Gasteiger partial charge in [-0.25, -0.2) is 8.42 Å². The topological polar surface area (TPSA) is 66.5 Å². The van der Waals surface area contributed by atoms with Crippen LogP contribution in [0.5, 0.6) is 0 Å². The van der Waals surface area contributed by atoms with Crippen molar-refractivity contribution in [2.75, 3.05) is 11.9 Å². The molecule has 1 aliphatic rings. The molecule has 0 saturated carbocycles. The van der Waals surface area contributed by atoms with E-state index in [9.17, 15) is 13.2 Å². The summed E-state index contributed by atoms with van der Waals surface area (Å²) >= 11 is 9.42. The number of carbonyl (C=O) groups excluding carboxylic acids is 1. The molecular weight excluding hydrogens is 452 g/mol. The molecule has 8 heteroatoms. The molecule has 0 radical (unpaired) electrons. The number of rotatable bonds is 4. The van der Waals surface area contributed by atoms with Crippen LogP contribution in [0.1, 0.15) is 24.8 Å². The normalized spacial score (nSPS) is 18.3. The summed E-state index contributed by atoms with van der Waals surface area (Å²) in [6.45, 7) is 2.20. The highest BCUT2D eigenvalue weighted by Gasteiger charge is 2.37. The third-order valence-electron chi connectivity index (χ3n) is 4.62. The van der Waals surface area contributed by atoms with E-state index >= 15 is 0 Å². The second kappa shape index (κ2) is 8.31. The first kappa shape index (κ1) is 20.3. The van der Waals surface area contributed by atoms with Crippen LogP contribution in [0.4, 0.5) is 5.69 Å². The first-order valence-electron chi connectivity index (χ1n) is 8.63. The smallest absolute Gasteiger partial charge is 0.243 e. The zero-order chi connectivity index (χ0) is 19.6. The maximum Gasteiger partial charge on any atom is 0.243 e. The lowest BCUT2D eigenvalue weighted by Crippen LogP contribution is -2.49. The number of hydrogen-bond acceptors (Lipinski definition) is 3. The SMILES string of the molecule is Cc1ccc(NC(=O)[C@H]2CCCCN2S(=O)(=O)c2ccc(Br)cc2)cc1Cl. The summed E-state index contributed by atoms with van der Waals surface area (Å²) in [5.41, 5.74) is 1.47. The minimum atomic E-state index is -3.75. The highest BCUT2D eigenvalue weighted by atomic mass is 79.9. The van der Waals surface area contributed by atoms with Crippen LogP contribution in [-0.2, 0) is 14.8 Å².